The Bertz CT molecular complexity index is 445. The van der Waals surface area contributed by atoms with Crippen molar-refractivity contribution in [1.29, 1.82) is 0 Å². The highest BCUT2D eigenvalue weighted by atomic mass is 16.1. The first-order chi connectivity index (χ1) is 9.20. The van der Waals surface area contributed by atoms with Gasteiger partial charge in [-0.25, -0.2) is 0 Å². The number of hydrogen-bond acceptors (Lipinski definition) is 3. The molecule has 0 saturated carbocycles. The van der Waals surface area contributed by atoms with Crippen molar-refractivity contribution in [2.45, 2.75) is 39.2 Å². The lowest BCUT2D eigenvalue weighted by atomic mass is 10.1. The van der Waals surface area contributed by atoms with E-state index < -0.39 is 0 Å². The Morgan fingerprint density at radius 1 is 1.32 bits per heavy atom. The molecule has 2 rings (SSSR count). The monoisotopic (exact) mass is 261 g/mol. The second-order valence-corrected chi connectivity index (χ2v) is 5.13. The normalized spacial score (nSPS) is 14.8. The topological polar surface area (TPSA) is 53.2 Å². The third-order valence-electron chi connectivity index (χ3n) is 3.41. The van der Waals surface area contributed by atoms with E-state index in [0.29, 0.717) is 0 Å². The number of carbonyl (C=O) groups is 1. The van der Waals surface area contributed by atoms with Crippen molar-refractivity contribution in [3.63, 3.8) is 0 Å². The minimum absolute atomic E-state index is 0.0128. The Morgan fingerprint density at radius 2 is 2.05 bits per heavy atom. The number of fused-ring (bicyclic) bond motifs is 1. The van der Waals surface area contributed by atoms with Gasteiger partial charge >= 0.3 is 0 Å². The summed E-state index contributed by atoms with van der Waals surface area (Å²) in [4.78, 5) is 12.1. The Balaban J connectivity index is 1.99. The van der Waals surface area contributed by atoms with Gasteiger partial charge in [0.2, 0.25) is 0 Å². The molecule has 4 nitrogen and oxygen atoms in total. The highest BCUT2D eigenvalue weighted by Gasteiger charge is 2.13. The molecule has 104 valence electrons. The summed E-state index contributed by atoms with van der Waals surface area (Å²) >= 11 is 0. The molecule has 0 saturated heterocycles. The van der Waals surface area contributed by atoms with Crippen LogP contribution in [0.1, 0.15) is 43.5 Å². The maximum atomic E-state index is 12.1. The number of rotatable bonds is 5. The van der Waals surface area contributed by atoms with Crippen molar-refractivity contribution >= 4 is 17.3 Å². The van der Waals surface area contributed by atoms with Crippen molar-refractivity contribution in [2.75, 3.05) is 23.7 Å². The predicted octanol–water partition coefficient (Wildman–Crippen LogP) is 2.83. The van der Waals surface area contributed by atoms with Crippen LogP contribution in [0, 0.1) is 0 Å². The van der Waals surface area contributed by atoms with Gasteiger partial charge in [0.05, 0.1) is 11.4 Å². The Labute approximate surface area is 115 Å². The van der Waals surface area contributed by atoms with Gasteiger partial charge in [0.15, 0.2) is 0 Å². The van der Waals surface area contributed by atoms with Gasteiger partial charge in [-0.2, -0.15) is 0 Å². The fourth-order valence-electron chi connectivity index (χ4n) is 2.27. The van der Waals surface area contributed by atoms with E-state index in [4.69, 9.17) is 0 Å². The number of nitrogens with one attached hydrogen (secondary N) is 3. The summed E-state index contributed by atoms with van der Waals surface area (Å²) in [5, 5.41) is 9.66. The largest absolute Gasteiger partial charge is 0.382 e. The molecule has 0 aromatic heterocycles. The number of hydrogen-bond donors (Lipinski definition) is 3. The smallest absolute Gasteiger partial charge is 0.251 e. The molecule has 3 N–H and O–H groups in total. The molecule has 0 fully saturated rings. The molecule has 1 heterocycles. The summed E-state index contributed by atoms with van der Waals surface area (Å²) in [5.41, 5.74) is 2.81. The van der Waals surface area contributed by atoms with Crippen LogP contribution in [0.2, 0.25) is 0 Å². The minimum atomic E-state index is 0.0128. The van der Waals surface area contributed by atoms with Crippen LogP contribution in [0.4, 0.5) is 11.4 Å². The van der Waals surface area contributed by atoms with Gasteiger partial charge in [0, 0.05) is 24.7 Å². The first-order valence-electron chi connectivity index (χ1n) is 7.13. The molecule has 1 aromatic rings. The maximum absolute atomic E-state index is 12.1. The average Bonchev–Trinajstić information content (AvgIpc) is 2.44. The fourth-order valence-corrected chi connectivity index (χ4v) is 2.27. The summed E-state index contributed by atoms with van der Waals surface area (Å²) in [6, 6.07) is 5.99. The van der Waals surface area contributed by atoms with Crippen molar-refractivity contribution in [3.8, 4) is 0 Å². The highest BCUT2D eigenvalue weighted by molar-refractivity contribution is 5.96. The standard InChI is InChI=1S/C15H23N3O/c1-3-4-5-11(2)18-15(19)12-6-7-13-14(10-12)17-9-8-16-13/h6-7,10-11,16-17H,3-5,8-9H2,1-2H3,(H,18,19). The molecule has 1 amide bonds. The summed E-state index contributed by atoms with van der Waals surface area (Å²) in [5.74, 6) is 0.0128. The van der Waals surface area contributed by atoms with Crippen LogP contribution < -0.4 is 16.0 Å². The van der Waals surface area contributed by atoms with E-state index in [-0.39, 0.29) is 11.9 Å². The van der Waals surface area contributed by atoms with E-state index >= 15 is 0 Å². The zero-order chi connectivity index (χ0) is 13.7. The number of anilines is 2. The number of carbonyl (C=O) groups excluding carboxylic acids is 1. The van der Waals surface area contributed by atoms with Crippen LogP contribution in [0.25, 0.3) is 0 Å². The molecular formula is C15H23N3O. The lowest BCUT2D eigenvalue weighted by molar-refractivity contribution is 0.0938. The van der Waals surface area contributed by atoms with Gasteiger partial charge < -0.3 is 16.0 Å². The first-order valence-corrected chi connectivity index (χ1v) is 7.13. The van der Waals surface area contributed by atoms with Crippen molar-refractivity contribution in [2.24, 2.45) is 0 Å². The third kappa shape index (κ3) is 3.63. The molecule has 19 heavy (non-hydrogen) atoms. The van der Waals surface area contributed by atoms with E-state index in [1.165, 1.54) is 0 Å². The van der Waals surface area contributed by atoms with E-state index in [1.807, 2.05) is 18.2 Å². The lowest BCUT2D eigenvalue weighted by Gasteiger charge is -2.21. The van der Waals surface area contributed by atoms with E-state index in [1.54, 1.807) is 0 Å². The minimum Gasteiger partial charge on any atom is -0.382 e. The highest BCUT2D eigenvalue weighted by Crippen LogP contribution is 2.25. The van der Waals surface area contributed by atoms with Crippen LogP contribution in [0.15, 0.2) is 18.2 Å². The molecule has 0 radical (unpaired) electrons. The summed E-state index contributed by atoms with van der Waals surface area (Å²) in [7, 11) is 0. The van der Waals surface area contributed by atoms with Gasteiger partial charge in [-0.05, 0) is 31.5 Å². The van der Waals surface area contributed by atoms with E-state index in [2.05, 4.69) is 29.8 Å². The second kappa shape index (κ2) is 6.45. The van der Waals surface area contributed by atoms with Crippen LogP contribution in [-0.2, 0) is 0 Å². The van der Waals surface area contributed by atoms with Crippen LogP contribution in [0.3, 0.4) is 0 Å². The van der Waals surface area contributed by atoms with Gasteiger partial charge in [0.1, 0.15) is 0 Å². The van der Waals surface area contributed by atoms with Crippen molar-refractivity contribution in [1.82, 2.24) is 5.32 Å². The fraction of sp³-hybridized carbons (Fsp3) is 0.533. The molecule has 1 aliphatic heterocycles. The molecule has 0 spiro atoms. The van der Waals surface area contributed by atoms with Gasteiger partial charge in [-0.15, -0.1) is 0 Å². The van der Waals surface area contributed by atoms with Crippen molar-refractivity contribution in [3.05, 3.63) is 23.8 Å². The van der Waals surface area contributed by atoms with Crippen LogP contribution in [0.5, 0.6) is 0 Å². The first kappa shape index (κ1) is 13.7. The van der Waals surface area contributed by atoms with Gasteiger partial charge in [-0.1, -0.05) is 19.8 Å². The Morgan fingerprint density at radius 3 is 2.79 bits per heavy atom. The maximum Gasteiger partial charge on any atom is 0.251 e. The van der Waals surface area contributed by atoms with Crippen LogP contribution in [-0.4, -0.2) is 25.0 Å². The predicted molar refractivity (Wildman–Crippen MR) is 79.9 cm³/mol. The average molecular weight is 261 g/mol. The summed E-state index contributed by atoms with van der Waals surface area (Å²) in [6.07, 6.45) is 3.35. The van der Waals surface area contributed by atoms with Gasteiger partial charge in [-0.3, -0.25) is 4.79 Å². The Hall–Kier alpha value is -1.71. The zero-order valence-corrected chi connectivity index (χ0v) is 11.8. The number of unbranched alkanes of at least 4 members (excludes halogenated alkanes) is 1. The summed E-state index contributed by atoms with van der Waals surface area (Å²) < 4.78 is 0. The zero-order valence-electron chi connectivity index (χ0n) is 11.8. The molecule has 0 bridgehead atoms. The molecule has 0 aliphatic carbocycles. The van der Waals surface area contributed by atoms with Crippen molar-refractivity contribution < 1.29 is 4.79 Å². The number of benzene rings is 1. The molecular weight excluding hydrogens is 238 g/mol. The number of amides is 1. The van der Waals surface area contributed by atoms with E-state index in [0.717, 1.165) is 49.3 Å². The van der Waals surface area contributed by atoms with E-state index in [9.17, 15) is 4.79 Å². The SMILES string of the molecule is CCCCC(C)NC(=O)c1ccc2c(c1)NCCN2. The lowest BCUT2D eigenvalue weighted by Crippen LogP contribution is -2.32. The van der Waals surface area contributed by atoms with Gasteiger partial charge in [0.25, 0.3) is 5.91 Å². The quantitative estimate of drug-likeness (QED) is 0.764. The second-order valence-electron chi connectivity index (χ2n) is 5.13. The third-order valence-corrected chi connectivity index (χ3v) is 3.41. The summed E-state index contributed by atoms with van der Waals surface area (Å²) in [6.45, 7) is 6.04. The van der Waals surface area contributed by atoms with Crippen LogP contribution >= 0.6 is 0 Å². The molecule has 1 aromatic carbocycles. The Kier molecular flexibility index (Phi) is 4.66. The molecule has 4 heteroatoms. The molecule has 1 unspecified atom stereocenters. The molecule has 1 aliphatic rings. The molecule has 1 atom stereocenters.